The Bertz CT molecular complexity index is 1310. The summed E-state index contributed by atoms with van der Waals surface area (Å²) in [6.07, 6.45) is 1.71. The second-order valence-corrected chi connectivity index (χ2v) is 8.32. The van der Waals surface area contributed by atoms with Gasteiger partial charge in [0.2, 0.25) is 5.95 Å². The first-order valence-electron chi connectivity index (χ1n) is 12.0. The number of carbonyl (C=O) groups is 2. The average Bonchev–Trinajstić information content (AvgIpc) is 2.93. The highest BCUT2D eigenvalue weighted by molar-refractivity contribution is 5.97. The number of anilines is 3. The molecule has 37 heavy (non-hydrogen) atoms. The molecule has 2 aromatic carbocycles. The first kappa shape index (κ1) is 25.6. The second kappa shape index (κ2) is 12.0. The van der Waals surface area contributed by atoms with Crippen LogP contribution in [0.25, 0.3) is 11.3 Å². The number of nitrogens with zero attached hydrogens (tertiary/aromatic N) is 4. The Morgan fingerprint density at radius 2 is 1.92 bits per heavy atom. The minimum Gasteiger partial charge on any atom is -0.462 e. The molecule has 0 radical (unpaired) electrons. The molecular weight excluding hydrogens is 472 g/mol. The van der Waals surface area contributed by atoms with Crippen molar-refractivity contribution in [1.29, 1.82) is 5.26 Å². The molecule has 3 aromatic rings. The van der Waals surface area contributed by atoms with Crippen molar-refractivity contribution in [2.45, 2.75) is 13.8 Å². The molecule has 10 heteroatoms. The van der Waals surface area contributed by atoms with E-state index in [-0.39, 0.29) is 19.1 Å². The fourth-order valence-corrected chi connectivity index (χ4v) is 3.99. The highest BCUT2D eigenvalue weighted by Gasteiger charge is 2.21. The van der Waals surface area contributed by atoms with Crippen LogP contribution in [-0.2, 0) is 9.47 Å². The van der Waals surface area contributed by atoms with Crippen LogP contribution in [0.2, 0.25) is 0 Å². The van der Waals surface area contributed by atoms with Crippen LogP contribution in [-0.4, -0.2) is 61.3 Å². The summed E-state index contributed by atoms with van der Waals surface area (Å²) < 4.78 is 10.7. The second-order valence-electron chi connectivity index (χ2n) is 8.32. The van der Waals surface area contributed by atoms with E-state index in [9.17, 15) is 9.59 Å². The third-order valence-electron chi connectivity index (χ3n) is 5.82. The molecule has 1 saturated heterocycles. The number of nitrogens with one attached hydrogen (secondary N) is 2. The normalized spacial score (nSPS) is 12.9. The van der Waals surface area contributed by atoms with E-state index in [0.29, 0.717) is 54.8 Å². The largest absolute Gasteiger partial charge is 0.462 e. The summed E-state index contributed by atoms with van der Waals surface area (Å²) in [5.74, 6) is -0.338. The number of rotatable bonds is 8. The molecule has 0 saturated carbocycles. The number of benzene rings is 2. The van der Waals surface area contributed by atoms with E-state index in [1.54, 1.807) is 43.5 Å². The first-order chi connectivity index (χ1) is 18.0. The number of carbonyl (C=O) groups excluding carboxylic acids is 2. The van der Waals surface area contributed by atoms with E-state index in [1.165, 1.54) is 0 Å². The van der Waals surface area contributed by atoms with E-state index < -0.39 is 5.97 Å². The van der Waals surface area contributed by atoms with Gasteiger partial charge in [-0.15, -0.1) is 0 Å². The summed E-state index contributed by atoms with van der Waals surface area (Å²) in [6, 6.07) is 14.4. The lowest BCUT2D eigenvalue weighted by Gasteiger charge is -2.30. The van der Waals surface area contributed by atoms with Gasteiger partial charge in [0.1, 0.15) is 6.54 Å². The Balaban J connectivity index is 1.58. The maximum atomic E-state index is 12.7. The fourth-order valence-electron chi connectivity index (χ4n) is 3.99. The Hall–Kier alpha value is -4.49. The van der Waals surface area contributed by atoms with E-state index in [0.717, 1.165) is 16.8 Å². The Morgan fingerprint density at radius 1 is 1.16 bits per heavy atom. The van der Waals surface area contributed by atoms with Crippen molar-refractivity contribution in [2.24, 2.45) is 0 Å². The number of aromatic nitrogens is 2. The van der Waals surface area contributed by atoms with Crippen LogP contribution in [0.3, 0.4) is 0 Å². The Labute approximate surface area is 215 Å². The zero-order valence-electron chi connectivity index (χ0n) is 20.8. The van der Waals surface area contributed by atoms with Crippen molar-refractivity contribution in [3.63, 3.8) is 0 Å². The highest BCUT2D eigenvalue weighted by atomic mass is 16.5. The fraction of sp³-hybridized carbons (Fsp3) is 0.296. The van der Waals surface area contributed by atoms with Crippen molar-refractivity contribution in [1.82, 2.24) is 15.3 Å². The number of hydrogen-bond donors (Lipinski definition) is 2. The van der Waals surface area contributed by atoms with Gasteiger partial charge in [-0.25, -0.2) is 14.8 Å². The molecule has 0 spiro atoms. The third-order valence-corrected chi connectivity index (χ3v) is 5.82. The van der Waals surface area contributed by atoms with Gasteiger partial charge in [-0.3, -0.25) is 4.79 Å². The van der Waals surface area contributed by atoms with Gasteiger partial charge in [-0.1, -0.05) is 12.1 Å². The predicted molar refractivity (Wildman–Crippen MR) is 139 cm³/mol. The molecule has 0 aliphatic carbocycles. The van der Waals surface area contributed by atoms with Crippen LogP contribution in [0.1, 0.15) is 33.2 Å². The zero-order valence-corrected chi connectivity index (χ0v) is 20.8. The van der Waals surface area contributed by atoms with Crippen LogP contribution < -0.4 is 15.5 Å². The van der Waals surface area contributed by atoms with Gasteiger partial charge >= 0.3 is 5.97 Å². The van der Waals surface area contributed by atoms with E-state index in [1.807, 2.05) is 25.1 Å². The summed E-state index contributed by atoms with van der Waals surface area (Å²) in [6.45, 7) is 6.52. The lowest BCUT2D eigenvalue weighted by atomic mass is 10.1. The van der Waals surface area contributed by atoms with Crippen molar-refractivity contribution in [3.8, 4) is 17.3 Å². The summed E-state index contributed by atoms with van der Waals surface area (Å²) in [7, 11) is 0. The number of ether oxygens (including phenoxy) is 2. The van der Waals surface area contributed by atoms with Gasteiger partial charge < -0.3 is 25.0 Å². The SMILES string of the molecule is CCOC(=O)c1cc(Nc2ncc(C)c(-c3ccc(C(=O)NCC#N)cc3)n2)ccc1N1CCOCC1. The monoisotopic (exact) mass is 500 g/mol. The molecule has 190 valence electrons. The van der Waals surface area contributed by atoms with Gasteiger partial charge in [0, 0.05) is 36.1 Å². The Kier molecular flexibility index (Phi) is 8.28. The minimum absolute atomic E-state index is 0.0497. The summed E-state index contributed by atoms with van der Waals surface area (Å²) in [5, 5.41) is 14.4. The van der Waals surface area contributed by atoms with Gasteiger partial charge in [0.15, 0.2) is 0 Å². The van der Waals surface area contributed by atoms with Gasteiger partial charge in [-0.2, -0.15) is 5.26 Å². The quantitative estimate of drug-likeness (QED) is 0.353. The minimum atomic E-state index is -0.392. The molecule has 4 rings (SSSR count). The van der Waals surface area contributed by atoms with Crippen LogP contribution >= 0.6 is 0 Å². The van der Waals surface area contributed by atoms with E-state index >= 15 is 0 Å². The molecular formula is C27H28N6O4. The summed E-state index contributed by atoms with van der Waals surface area (Å²) in [4.78, 5) is 36.0. The van der Waals surface area contributed by atoms with Gasteiger partial charge in [0.25, 0.3) is 5.91 Å². The smallest absolute Gasteiger partial charge is 0.340 e. The predicted octanol–water partition coefficient (Wildman–Crippen LogP) is 3.46. The molecule has 1 aliphatic heterocycles. The molecule has 1 fully saturated rings. The molecule has 0 atom stereocenters. The number of esters is 1. The first-order valence-corrected chi connectivity index (χ1v) is 12.0. The lowest BCUT2D eigenvalue weighted by Crippen LogP contribution is -2.37. The molecule has 2 heterocycles. The average molecular weight is 501 g/mol. The standard InChI is InChI=1S/C27H28N6O4/c1-3-37-26(35)22-16-21(8-9-23(22)33-12-14-36-15-13-33)31-27-30-17-18(2)24(32-27)19-4-6-20(7-5-19)25(34)29-11-10-28/h4-9,16-17H,3,11-15H2,1-2H3,(H,29,34)(H,30,31,32). The van der Waals surface area contributed by atoms with Crippen LogP contribution in [0.5, 0.6) is 0 Å². The van der Waals surface area contributed by atoms with Crippen molar-refractivity contribution >= 4 is 29.2 Å². The third kappa shape index (κ3) is 6.20. The molecule has 0 unspecified atom stereocenters. The molecule has 2 N–H and O–H groups in total. The number of hydrogen-bond acceptors (Lipinski definition) is 9. The van der Waals surface area contributed by atoms with Crippen LogP contribution in [0.15, 0.2) is 48.7 Å². The maximum absolute atomic E-state index is 12.7. The van der Waals surface area contributed by atoms with Crippen molar-refractivity contribution < 1.29 is 19.1 Å². The number of amides is 1. The topological polar surface area (TPSA) is 129 Å². The summed E-state index contributed by atoms with van der Waals surface area (Å²) >= 11 is 0. The van der Waals surface area contributed by atoms with Gasteiger partial charge in [0.05, 0.1) is 42.8 Å². The highest BCUT2D eigenvalue weighted by Crippen LogP contribution is 2.28. The van der Waals surface area contributed by atoms with Gasteiger partial charge in [-0.05, 0) is 49.7 Å². The molecule has 1 aliphatic rings. The summed E-state index contributed by atoms with van der Waals surface area (Å²) in [5.41, 5.74) is 4.76. The zero-order chi connectivity index (χ0) is 26.2. The maximum Gasteiger partial charge on any atom is 0.340 e. The number of aryl methyl sites for hydroxylation is 1. The van der Waals surface area contributed by atoms with Crippen LogP contribution in [0, 0.1) is 18.3 Å². The molecule has 1 aromatic heterocycles. The van der Waals surface area contributed by atoms with E-state index in [4.69, 9.17) is 14.7 Å². The lowest BCUT2D eigenvalue weighted by molar-refractivity contribution is 0.0526. The number of nitriles is 1. The molecule has 1 amide bonds. The Morgan fingerprint density at radius 3 is 2.62 bits per heavy atom. The van der Waals surface area contributed by atoms with E-state index in [2.05, 4.69) is 25.5 Å². The van der Waals surface area contributed by atoms with Crippen LogP contribution in [0.4, 0.5) is 17.3 Å². The molecule has 10 nitrogen and oxygen atoms in total. The number of morpholine rings is 1. The van der Waals surface area contributed by atoms with Crippen molar-refractivity contribution in [2.75, 3.05) is 49.7 Å². The molecule has 0 bridgehead atoms. The van der Waals surface area contributed by atoms with Crippen molar-refractivity contribution in [3.05, 3.63) is 65.4 Å².